The molecule has 9 aromatic carbocycles. The average molecular weight is 1720 g/mol. The predicted molar refractivity (Wildman–Crippen MR) is 520 cm³/mol. The monoisotopic (exact) mass is 1720 g/mol. The molecular weight excluding hydrogens is 1580 g/mol. The van der Waals surface area contributed by atoms with Crippen LogP contribution in [0, 0.1) is 13.8 Å². The van der Waals surface area contributed by atoms with Gasteiger partial charge in [-0.25, -0.2) is 0 Å². The lowest BCUT2D eigenvalue weighted by atomic mass is 9.78. The van der Waals surface area contributed by atoms with Gasteiger partial charge < -0.3 is 55.4 Å². The molecule has 0 saturated heterocycles. The van der Waals surface area contributed by atoms with Gasteiger partial charge in [0.25, 0.3) is 17.7 Å². The number of amides is 5. The lowest BCUT2D eigenvalue weighted by Gasteiger charge is -2.28. The van der Waals surface area contributed by atoms with Gasteiger partial charge in [0.2, 0.25) is 11.8 Å². The maximum Gasteiger partial charge on any atom is 0.255 e. The van der Waals surface area contributed by atoms with E-state index < -0.39 is 0 Å². The van der Waals surface area contributed by atoms with Crippen molar-refractivity contribution in [2.45, 2.75) is 279 Å². The van der Waals surface area contributed by atoms with E-state index >= 15 is 0 Å². The van der Waals surface area contributed by atoms with E-state index in [-0.39, 0.29) is 51.5 Å². The quantitative estimate of drug-likeness (QED) is 0.0445. The number of aromatic hydroxyl groups is 1. The maximum atomic E-state index is 13.3. The van der Waals surface area contributed by atoms with Gasteiger partial charge in [-0.15, -0.1) is 0 Å². The first-order valence-electron chi connectivity index (χ1n) is 46.4. The van der Waals surface area contributed by atoms with Crippen molar-refractivity contribution in [2.75, 3.05) is 62.1 Å². The summed E-state index contributed by atoms with van der Waals surface area (Å²) in [6.45, 7) is 22.9. The van der Waals surface area contributed by atoms with Crippen LogP contribution in [0.2, 0.25) is 0 Å². The van der Waals surface area contributed by atoms with Crippen LogP contribution in [0.5, 0.6) is 34.5 Å². The lowest BCUT2D eigenvalue weighted by molar-refractivity contribution is -0.116. The Balaban J connectivity index is 0.000000155. The molecule has 0 aliphatic heterocycles. The van der Waals surface area contributed by atoms with Crippen molar-refractivity contribution in [2.24, 2.45) is 0 Å². The minimum atomic E-state index is -0.290. The number of carbonyl (C=O) groups is 5. The fraction of sp³-hybridized carbons (Fsp3) is 0.432. The first-order valence-corrected chi connectivity index (χ1v) is 46.4. The molecule has 16 nitrogen and oxygen atoms in total. The van der Waals surface area contributed by atoms with Crippen molar-refractivity contribution in [1.82, 2.24) is 0 Å². The van der Waals surface area contributed by atoms with E-state index in [1.807, 2.05) is 128 Å². The summed E-state index contributed by atoms with van der Waals surface area (Å²) in [4.78, 5) is 63.1. The molecule has 127 heavy (non-hydrogen) atoms. The van der Waals surface area contributed by atoms with Crippen LogP contribution in [0.1, 0.15) is 298 Å². The molecule has 674 valence electrons. The molecule has 0 unspecified atom stereocenters. The number of rotatable bonds is 18. The van der Waals surface area contributed by atoms with Crippen LogP contribution in [-0.4, -0.2) is 70.2 Å². The summed E-state index contributed by atoms with van der Waals surface area (Å²) in [6.07, 6.45) is 37.9. The number of fused-ring (bicyclic) bond motifs is 5. The van der Waals surface area contributed by atoms with E-state index in [0.717, 1.165) is 151 Å². The fourth-order valence-electron chi connectivity index (χ4n) is 17.6. The number of benzene rings is 9. The Labute approximate surface area is 756 Å². The molecule has 16 heteroatoms. The van der Waals surface area contributed by atoms with Gasteiger partial charge in [-0.1, -0.05) is 178 Å². The predicted octanol–water partition coefficient (Wildman–Crippen LogP) is 25.6. The molecule has 15 rings (SSSR count). The highest BCUT2D eigenvalue weighted by molar-refractivity contribution is 6.07. The van der Waals surface area contributed by atoms with Crippen molar-refractivity contribution in [1.29, 1.82) is 0 Å². The third-order valence-electron chi connectivity index (χ3n) is 25.2. The molecule has 0 bridgehead atoms. The largest absolute Gasteiger partial charge is 0.507 e. The van der Waals surface area contributed by atoms with Crippen molar-refractivity contribution in [3.8, 4) is 34.5 Å². The average Bonchev–Trinajstić information content (AvgIpc) is 1.27. The zero-order valence-electron chi connectivity index (χ0n) is 78.6. The number of hydrogen-bond acceptors (Lipinski definition) is 11. The standard InChI is InChI=1S/C27H37NO3.C25H33NO2.2C20H23NO2.C19H23NO2/c1-26(2,3)20-13-19(14-21(24(20)29)27(4,5)6)25(30)28-22-15-17-11-9-8-10-12-18(17)16-23(22)31-7;1-25(2,3)21-13-10-18(11-14-21)12-15-24(27)26-22-16-19-8-6-5-7-9-20(19)17-23(22)28-4;2*1-14-8-10-15(11-9-14)20(22)21-18-12-16-6-4-3-5-7-17(16)13-19(18)23-2;1-22-18-13-16-10-4-2-3-9-15(16)12-17(18)20-19(21)11-14-7-5-6-8-14/h13-16,29H,8-12H2,1-7H3,(H,28,30);10-11,13-14,16-17H,5-9,12,15H2,1-4H3,(H,26,27);2*8-13H,3-7H2,1-2H3,(H,21,22);5-7,12-13H,2-4,8-11H2,1H3,(H,20,21). The highest BCUT2D eigenvalue weighted by Crippen LogP contribution is 2.43. The van der Waals surface area contributed by atoms with E-state index in [0.29, 0.717) is 41.0 Å². The second-order valence-corrected chi connectivity index (χ2v) is 38.1. The summed E-state index contributed by atoms with van der Waals surface area (Å²) in [6, 6.07) is 48.4. The molecule has 9 aromatic rings. The van der Waals surface area contributed by atoms with Crippen LogP contribution in [0.15, 0.2) is 169 Å². The van der Waals surface area contributed by atoms with Gasteiger partial charge in [-0.2, -0.15) is 0 Å². The number of ether oxygens (including phenoxy) is 5. The molecule has 6 N–H and O–H groups in total. The van der Waals surface area contributed by atoms with Gasteiger partial charge in [-0.05, 0) is 335 Å². The summed E-state index contributed by atoms with van der Waals surface area (Å²) in [7, 11) is 8.28. The number of methoxy groups -OCH3 is 5. The van der Waals surface area contributed by atoms with Crippen molar-refractivity contribution < 1.29 is 52.8 Å². The molecule has 5 amide bonds. The van der Waals surface area contributed by atoms with Gasteiger partial charge in [0.1, 0.15) is 34.5 Å². The summed E-state index contributed by atoms with van der Waals surface area (Å²) in [5, 5.41) is 26.1. The maximum absolute atomic E-state index is 13.3. The van der Waals surface area contributed by atoms with Gasteiger partial charge in [0.15, 0.2) is 0 Å². The number of anilines is 5. The molecule has 0 saturated carbocycles. The van der Waals surface area contributed by atoms with Crippen LogP contribution < -0.4 is 50.3 Å². The van der Waals surface area contributed by atoms with Crippen molar-refractivity contribution in [3.63, 3.8) is 0 Å². The molecule has 6 aliphatic rings. The van der Waals surface area contributed by atoms with E-state index in [9.17, 15) is 29.1 Å². The van der Waals surface area contributed by atoms with Crippen molar-refractivity contribution in [3.05, 3.63) is 275 Å². The Morgan fingerprint density at radius 3 is 0.890 bits per heavy atom. The zero-order valence-corrected chi connectivity index (χ0v) is 78.6. The normalized spacial score (nSPS) is 14.6. The molecule has 6 aliphatic carbocycles. The molecule has 0 aromatic heterocycles. The van der Waals surface area contributed by atoms with Gasteiger partial charge in [0, 0.05) is 40.7 Å². The fourth-order valence-corrected chi connectivity index (χ4v) is 17.6. The van der Waals surface area contributed by atoms with Crippen LogP contribution >= 0.6 is 0 Å². The molecule has 0 heterocycles. The summed E-state index contributed by atoms with van der Waals surface area (Å²) >= 11 is 0. The Morgan fingerprint density at radius 1 is 0.331 bits per heavy atom. The van der Waals surface area contributed by atoms with Crippen LogP contribution in [-0.2, 0) is 96.5 Å². The van der Waals surface area contributed by atoms with E-state index in [1.165, 1.54) is 163 Å². The number of hydrogen-bond donors (Lipinski definition) is 6. The summed E-state index contributed by atoms with van der Waals surface area (Å²) in [5.41, 5.74) is 26.2. The van der Waals surface area contributed by atoms with Gasteiger partial charge >= 0.3 is 0 Å². The number of aryl methyl sites for hydroxylation is 13. The first-order chi connectivity index (χ1) is 60.9. The first kappa shape index (κ1) is 96.2. The van der Waals surface area contributed by atoms with E-state index in [4.69, 9.17) is 23.7 Å². The smallest absolute Gasteiger partial charge is 0.255 e. The molecule has 0 atom stereocenters. The number of carbonyl (C=O) groups excluding carboxylic acids is 5. The second kappa shape index (κ2) is 45.3. The Hall–Kier alpha value is -11.4. The summed E-state index contributed by atoms with van der Waals surface area (Å²) in [5.74, 6) is 3.66. The SMILES string of the molecule is COc1cc2c(cc1NC(=O)CC1=CC=CC1)CCCCC2.COc1cc2c(cc1NC(=O)CCc1ccc(C(C)(C)C)cc1)CCCCC2.COc1cc2c(cc1NC(=O)c1cc(C(C)(C)C)c(O)c(C(C)(C)C)c1)CCCCC2.COc1cc2c(cc1NC(=O)c1ccc(C)cc1)CCCCC2.COc1cc2c(cc1NC(=O)c1ccc(C)cc1)CCCCC2. The van der Waals surface area contributed by atoms with Crippen LogP contribution in [0.25, 0.3) is 0 Å². The Kier molecular flexibility index (Phi) is 34.4. The number of allylic oxidation sites excluding steroid dienone is 3. The van der Waals surface area contributed by atoms with Crippen molar-refractivity contribution >= 4 is 58.0 Å². The number of nitrogens with one attached hydrogen (secondary N) is 5. The Bertz CT molecular complexity index is 5200. The topological polar surface area (TPSA) is 212 Å². The molecular formula is C111H139N5O11. The highest BCUT2D eigenvalue weighted by Gasteiger charge is 2.30. The zero-order chi connectivity index (χ0) is 91.0. The van der Waals surface area contributed by atoms with Gasteiger partial charge in [0.05, 0.1) is 64.0 Å². The second-order valence-electron chi connectivity index (χ2n) is 38.1. The number of phenols is 1. The lowest BCUT2D eigenvalue weighted by Crippen LogP contribution is -2.21. The third kappa shape index (κ3) is 27.3. The highest BCUT2D eigenvalue weighted by atomic mass is 16.5. The van der Waals surface area contributed by atoms with Crippen LogP contribution in [0.4, 0.5) is 28.4 Å². The minimum Gasteiger partial charge on any atom is -0.507 e. The van der Waals surface area contributed by atoms with E-state index in [2.05, 4.69) is 138 Å². The number of phenolic OH excluding ortho intramolecular Hbond substituents is 1. The molecule has 0 fully saturated rings. The third-order valence-corrected chi connectivity index (χ3v) is 25.2. The Morgan fingerprint density at radius 2 is 0.614 bits per heavy atom. The van der Waals surface area contributed by atoms with Crippen LogP contribution in [0.3, 0.4) is 0 Å². The van der Waals surface area contributed by atoms with E-state index in [1.54, 1.807) is 35.5 Å². The van der Waals surface area contributed by atoms with Gasteiger partial charge in [-0.3, -0.25) is 24.0 Å². The molecule has 0 spiro atoms. The minimum absolute atomic E-state index is 0.0295. The summed E-state index contributed by atoms with van der Waals surface area (Å²) < 4.78 is 27.6. The molecule has 0 radical (unpaired) electrons.